The Balaban J connectivity index is 2.09. The second-order valence-electron chi connectivity index (χ2n) is 5.73. The van der Waals surface area contributed by atoms with Crippen molar-refractivity contribution >= 4 is 17.5 Å². The number of nitrogens with one attached hydrogen (secondary N) is 1. The molecule has 0 unspecified atom stereocenters. The fourth-order valence-electron chi connectivity index (χ4n) is 2.66. The van der Waals surface area contributed by atoms with Crippen LogP contribution < -0.4 is 15.0 Å². The van der Waals surface area contributed by atoms with Gasteiger partial charge in [0.05, 0.1) is 18.7 Å². The Morgan fingerprint density at radius 3 is 2.91 bits per heavy atom. The molecule has 2 amide bonds. The first-order chi connectivity index (χ1) is 10.6. The highest BCUT2D eigenvalue weighted by Crippen LogP contribution is 2.33. The molecular formula is C17H24N2O3. The number of hydrogen-bond acceptors (Lipinski definition) is 3. The van der Waals surface area contributed by atoms with Crippen LogP contribution in [0.2, 0.25) is 0 Å². The molecule has 1 N–H and O–H groups in total. The molecule has 1 heterocycles. The zero-order valence-electron chi connectivity index (χ0n) is 13.5. The normalized spacial score (nSPS) is 17.7. The zero-order chi connectivity index (χ0) is 16.1. The highest BCUT2D eigenvalue weighted by Gasteiger charge is 2.36. The topological polar surface area (TPSA) is 58.6 Å². The Morgan fingerprint density at radius 1 is 1.45 bits per heavy atom. The molecule has 1 atom stereocenters. The second kappa shape index (κ2) is 7.29. The van der Waals surface area contributed by atoms with E-state index in [1.165, 1.54) is 0 Å². The van der Waals surface area contributed by atoms with E-state index in [0.29, 0.717) is 18.8 Å². The smallest absolute Gasteiger partial charge is 0.227 e. The molecule has 1 aliphatic rings. The van der Waals surface area contributed by atoms with E-state index in [2.05, 4.69) is 12.2 Å². The van der Waals surface area contributed by atoms with Crippen LogP contribution in [0.1, 0.15) is 31.7 Å². The van der Waals surface area contributed by atoms with Crippen LogP contribution in [0.4, 0.5) is 5.69 Å². The third-order valence-electron chi connectivity index (χ3n) is 3.95. The lowest BCUT2D eigenvalue weighted by Gasteiger charge is -2.20. The number of nitrogens with zero attached hydrogens (tertiary/aromatic N) is 1. The second-order valence-corrected chi connectivity index (χ2v) is 5.73. The molecule has 1 saturated heterocycles. The number of aryl methyl sites for hydroxylation is 1. The average molecular weight is 304 g/mol. The third kappa shape index (κ3) is 3.59. The average Bonchev–Trinajstić information content (AvgIpc) is 2.89. The van der Waals surface area contributed by atoms with Gasteiger partial charge in [-0.15, -0.1) is 0 Å². The van der Waals surface area contributed by atoms with E-state index in [4.69, 9.17) is 4.74 Å². The van der Waals surface area contributed by atoms with Gasteiger partial charge in [0.25, 0.3) is 0 Å². The summed E-state index contributed by atoms with van der Waals surface area (Å²) in [5.41, 5.74) is 1.80. The van der Waals surface area contributed by atoms with Crippen molar-refractivity contribution in [3.05, 3.63) is 23.8 Å². The lowest BCUT2D eigenvalue weighted by atomic mass is 10.1. The summed E-state index contributed by atoms with van der Waals surface area (Å²) in [5, 5.41) is 2.91. The fraction of sp³-hybridized carbons (Fsp3) is 0.529. The maximum absolute atomic E-state index is 12.3. The lowest BCUT2D eigenvalue weighted by Crippen LogP contribution is -2.33. The van der Waals surface area contributed by atoms with Crippen LogP contribution >= 0.6 is 0 Å². The molecule has 0 aliphatic carbocycles. The van der Waals surface area contributed by atoms with Crippen molar-refractivity contribution in [1.29, 1.82) is 0 Å². The molecule has 1 fully saturated rings. The van der Waals surface area contributed by atoms with Gasteiger partial charge in [0.1, 0.15) is 5.75 Å². The summed E-state index contributed by atoms with van der Waals surface area (Å²) < 4.78 is 5.34. The van der Waals surface area contributed by atoms with E-state index in [1.807, 2.05) is 25.1 Å². The minimum atomic E-state index is -0.283. The molecule has 0 radical (unpaired) electrons. The highest BCUT2D eigenvalue weighted by atomic mass is 16.5. The highest BCUT2D eigenvalue weighted by molar-refractivity contribution is 6.01. The number of rotatable bonds is 6. The van der Waals surface area contributed by atoms with Gasteiger partial charge in [-0.05, 0) is 31.0 Å². The van der Waals surface area contributed by atoms with E-state index < -0.39 is 0 Å². The largest absolute Gasteiger partial charge is 0.495 e. The molecule has 2 rings (SSSR count). The quantitative estimate of drug-likeness (QED) is 0.820. The number of carbonyl (C=O) groups excluding carboxylic acids is 2. The summed E-state index contributed by atoms with van der Waals surface area (Å²) >= 11 is 0. The van der Waals surface area contributed by atoms with Crippen molar-refractivity contribution in [2.75, 3.05) is 25.1 Å². The first-order valence-electron chi connectivity index (χ1n) is 7.79. The number of ether oxygens (including phenoxy) is 1. The minimum Gasteiger partial charge on any atom is -0.495 e. The van der Waals surface area contributed by atoms with Crippen molar-refractivity contribution in [1.82, 2.24) is 5.32 Å². The Hall–Kier alpha value is -2.04. The van der Waals surface area contributed by atoms with Gasteiger partial charge in [-0.1, -0.05) is 19.4 Å². The van der Waals surface area contributed by atoms with E-state index in [-0.39, 0.29) is 24.2 Å². The van der Waals surface area contributed by atoms with Gasteiger partial charge < -0.3 is 15.0 Å². The van der Waals surface area contributed by atoms with Crippen LogP contribution in [0, 0.1) is 12.8 Å². The monoisotopic (exact) mass is 304 g/mol. The van der Waals surface area contributed by atoms with Crippen LogP contribution in [0.5, 0.6) is 5.75 Å². The molecule has 1 aromatic rings. The number of benzene rings is 1. The van der Waals surface area contributed by atoms with Crippen molar-refractivity contribution in [2.45, 2.75) is 33.1 Å². The molecular weight excluding hydrogens is 280 g/mol. The number of hydrogen-bond donors (Lipinski definition) is 1. The Labute approximate surface area is 131 Å². The standard InChI is InChI=1S/C17H24N2O3/c1-4-5-8-18-17(21)13-10-16(20)19(11-13)14-9-12(2)6-7-15(14)22-3/h6-7,9,13H,4-5,8,10-11H2,1-3H3,(H,18,21)/t13-/m1/s1. The van der Waals surface area contributed by atoms with Crippen LogP contribution in [0.15, 0.2) is 18.2 Å². The maximum Gasteiger partial charge on any atom is 0.227 e. The van der Waals surface area contributed by atoms with Crippen LogP contribution in [0.25, 0.3) is 0 Å². The van der Waals surface area contributed by atoms with E-state index in [9.17, 15) is 9.59 Å². The molecule has 5 nitrogen and oxygen atoms in total. The molecule has 0 aromatic heterocycles. The predicted molar refractivity (Wildman–Crippen MR) is 86.1 cm³/mol. The van der Waals surface area contributed by atoms with Gasteiger partial charge in [-0.25, -0.2) is 0 Å². The number of carbonyl (C=O) groups is 2. The molecule has 1 aromatic carbocycles. The van der Waals surface area contributed by atoms with Gasteiger partial charge in [-0.2, -0.15) is 0 Å². The predicted octanol–water partition coefficient (Wildman–Crippen LogP) is 2.27. The zero-order valence-corrected chi connectivity index (χ0v) is 13.5. The maximum atomic E-state index is 12.3. The Bertz CT molecular complexity index is 557. The van der Waals surface area contributed by atoms with E-state index >= 15 is 0 Å². The first kappa shape index (κ1) is 16.3. The first-order valence-corrected chi connectivity index (χ1v) is 7.79. The van der Waals surface area contributed by atoms with Crippen LogP contribution in [0.3, 0.4) is 0 Å². The molecule has 5 heteroatoms. The SMILES string of the molecule is CCCCNC(=O)[C@@H]1CC(=O)N(c2cc(C)ccc2OC)C1. The molecule has 0 saturated carbocycles. The van der Waals surface area contributed by atoms with Gasteiger partial charge in [0.2, 0.25) is 11.8 Å². The molecule has 0 spiro atoms. The Morgan fingerprint density at radius 2 is 2.23 bits per heavy atom. The van der Waals surface area contributed by atoms with E-state index in [0.717, 1.165) is 24.1 Å². The molecule has 22 heavy (non-hydrogen) atoms. The number of methoxy groups -OCH3 is 1. The fourth-order valence-corrected chi connectivity index (χ4v) is 2.66. The van der Waals surface area contributed by atoms with Crippen LogP contribution in [-0.4, -0.2) is 32.0 Å². The summed E-state index contributed by atoms with van der Waals surface area (Å²) in [4.78, 5) is 26.1. The summed E-state index contributed by atoms with van der Waals surface area (Å²) in [5.74, 6) is 0.316. The molecule has 120 valence electrons. The number of amides is 2. The summed E-state index contributed by atoms with van der Waals surface area (Å²) in [7, 11) is 1.59. The molecule has 0 bridgehead atoms. The van der Waals surface area contributed by atoms with Crippen LogP contribution in [-0.2, 0) is 9.59 Å². The van der Waals surface area contributed by atoms with Gasteiger partial charge >= 0.3 is 0 Å². The van der Waals surface area contributed by atoms with Gasteiger partial charge in [0, 0.05) is 19.5 Å². The number of anilines is 1. The van der Waals surface area contributed by atoms with Crippen molar-refractivity contribution in [2.24, 2.45) is 5.92 Å². The lowest BCUT2D eigenvalue weighted by molar-refractivity contribution is -0.126. The molecule has 1 aliphatic heterocycles. The van der Waals surface area contributed by atoms with Crippen molar-refractivity contribution in [3.8, 4) is 5.75 Å². The minimum absolute atomic E-state index is 0.0282. The van der Waals surface area contributed by atoms with Crippen molar-refractivity contribution in [3.63, 3.8) is 0 Å². The Kier molecular flexibility index (Phi) is 5.41. The van der Waals surface area contributed by atoms with Gasteiger partial charge in [0.15, 0.2) is 0 Å². The van der Waals surface area contributed by atoms with Crippen molar-refractivity contribution < 1.29 is 14.3 Å². The summed E-state index contributed by atoms with van der Waals surface area (Å²) in [6.07, 6.45) is 2.26. The summed E-state index contributed by atoms with van der Waals surface area (Å²) in [6.45, 7) is 5.14. The number of unbranched alkanes of at least 4 members (excludes halogenated alkanes) is 1. The van der Waals surface area contributed by atoms with E-state index in [1.54, 1.807) is 12.0 Å². The summed E-state index contributed by atoms with van der Waals surface area (Å²) in [6, 6.07) is 5.72. The third-order valence-corrected chi connectivity index (χ3v) is 3.95. The van der Waals surface area contributed by atoms with Gasteiger partial charge in [-0.3, -0.25) is 9.59 Å².